The van der Waals surface area contributed by atoms with E-state index in [9.17, 15) is 18.0 Å². The maximum absolute atomic E-state index is 14.1. The molecule has 0 spiro atoms. The van der Waals surface area contributed by atoms with Crippen molar-refractivity contribution in [1.82, 2.24) is 10.2 Å². The van der Waals surface area contributed by atoms with Crippen LogP contribution in [-0.2, 0) is 26.2 Å². The normalized spacial score (nSPS) is 12.2. The summed E-state index contributed by atoms with van der Waals surface area (Å²) in [5, 5.41) is 3.86. The summed E-state index contributed by atoms with van der Waals surface area (Å²) in [6, 6.07) is 14.4. The number of halogens is 4. The van der Waals surface area contributed by atoms with Gasteiger partial charge in [-0.25, -0.2) is 8.42 Å². The van der Waals surface area contributed by atoms with Crippen LogP contribution in [0.3, 0.4) is 0 Å². The highest BCUT2D eigenvalue weighted by Crippen LogP contribution is 2.31. The van der Waals surface area contributed by atoms with Gasteiger partial charge in [0.1, 0.15) is 12.6 Å². The summed E-state index contributed by atoms with van der Waals surface area (Å²) in [5.74, 6) is -0.983. The first-order valence-corrected chi connectivity index (χ1v) is 15.8. The van der Waals surface area contributed by atoms with Crippen molar-refractivity contribution >= 4 is 73.9 Å². The third-order valence-corrected chi connectivity index (χ3v) is 9.14. The van der Waals surface area contributed by atoms with Crippen LogP contribution in [0, 0.1) is 6.92 Å². The second-order valence-corrected chi connectivity index (χ2v) is 13.4. The molecule has 3 rings (SSSR count). The van der Waals surface area contributed by atoms with E-state index < -0.39 is 28.5 Å². The van der Waals surface area contributed by atoms with Crippen LogP contribution in [0.4, 0.5) is 5.69 Å². The fraction of sp³-hybridized carbons (Fsp3) is 0.310. The average Bonchev–Trinajstić information content (AvgIpc) is 2.88. The predicted molar refractivity (Wildman–Crippen MR) is 167 cm³/mol. The topological polar surface area (TPSA) is 86.8 Å². The molecule has 0 unspecified atom stereocenters. The zero-order valence-corrected chi connectivity index (χ0v) is 26.8. The number of sulfonamides is 1. The third kappa shape index (κ3) is 8.52. The summed E-state index contributed by atoms with van der Waals surface area (Å²) in [6.07, 6.45) is 0.277. The number of carbonyl (C=O) groups excluding carboxylic acids is 2. The van der Waals surface area contributed by atoms with Gasteiger partial charge in [0.25, 0.3) is 10.0 Å². The lowest BCUT2D eigenvalue weighted by Crippen LogP contribution is -2.53. The molecule has 3 aromatic rings. The van der Waals surface area contributed by atoms with Crippen LogP contribution in [0.15, 0.2) is 65.6 Å². The van der Waals surface area contributed by atoms with Crippen LogP contribution >= 0.6 is 46.4 Å². The van der Waals surface area contributed by atoms with Crippen LogP contribution in [0.5, 0.6) is 0 Å². The van der Waals surface area contributed by atoms with Crippen LogP contribution < -0.4 is 9.62 Å². The van der Waals surface area contributed by atoms with Crippen LogP contribution in [0.25, 0.3) is 0 Å². The van der Waals surface area contributed by atoms with Crippen LogP contribution in [0.2, 0.25) is 20.1 Å². The first-order chi connectivity index (χ1) is 19.2. The molecule has 0 bridgehead atoms. The van der Waals surface area contributed by atoms with Gasteiger partial charge < -0.3 is 10.2 Å². The van der Waals surface area contributed by atoms with Crippen molar-refractivity contribution in [1.29, 1.82) is 0 Å². The van der Waals surface area contributed by atoms with Crippen molar-refractivity contribution in [3.05, 3.63) is 91.9 Å². The number of amides is 2. The van der Waals surface area contributed by atoms with Crippen molar-refractivity contribution in [2.24, 2.45) is 0 Å². The first-order valence-electron chi connectivity index (χ1n) is 12.8. The van der Waals surface area contributed by atoms with Crippen LogP contribution in [0.1, 0.15) is 38.3 Å². The molecule has 0 aromatic heterocycles. The summed E-state index contributed by atoms with van der Waals surface area (Å²) >= 11 is 24.8. The summed E-state index contributed by atoms with van der Waals surface area (Å²) in [7, 11) is -4.26. The molecule has 1 atom stereocenters. The zero-order chi connectivity index (χ0) is 30.5. The molecule has 0 aliphatic carbocycles. The average molecular weight is 659 g/mol. The number of rotatable bonds is 11. The number of anilines is 1. The first kappa shape index (κ1) is 33.0. The predicted octanol–water partition coefficient (Wildman–Crippen LogP) is 7.14. The van der Waals surface area contributed by atoms with E-state index >= 15 is 0 Å². The molecule has 0 heterocycles. The van der Waals surface area contributed by atoms with Gasteiger partial charge in [-0.3, -0.25) is 13.9 Å². The van der Waals surface area contributed by atoms with E-state index in [0.717, 1.165) is 9.87 Å². The lowest BCUT2D eigenvalue weighted by Gasteiger charge is -2.33. The molecule has 41 heavy (non-hydrogen) atoms. The molecule has 0 aliphatic heterocycles. The van der Waals surface area contributed by atoms with E-state index in [1.807, 2.05) is 20.8 Å². The van der Waals surface area contributed by atoms with Crippen molar-refractivity contribution in [3.63, 3.8) is 0 Å². The van der Waals surface area contributed by atoms with E-state index in [1.165, 1.54) is 35.2 Å². The molecular weight excluding hydrogens is 628 g/mol. The minimum absolute atomic E-state index is 0.0194. The van der Waals surface area contributed by atoms with Crippen molar-refractivity contribution in [2.75, 3.05) is 10.8 Å². The molecular formula is C29H31Cl4N3O4S. The standard InChI is InChI=1S/C29H31Cl4N3O4S/c1-5-27(29(38)34-18(2)3)35(16-20-8-11-25(32)26(33)12-20)28(37)17-36(23-14-21(30)13-22(31)15-23)41(39,40)24-9-6-19(4)7-10-24/h6-15,18,27H,5,16-17H2,1-4H3,(H,34,38)/t27-/m1/s1. The number of benzene rings is 3. The highest BCUT2D eigenvalue weighted by Gasteiger charge is 2.34. The maximum Gasteiger partial charge on any atom is 0.264 e. The van der Waals surface area contributed by atoms with E-state index in [0.29, 0.717) is 10.6 Å². The van der Waals surface area contributed by atoms with Gasteiger partial charge >= 0.3 is 0 Å². The summed E-state index contributed by atoms with van der Waals surface area (Å²) in [6.45, 7) is 6.59. The lowest BCUT2D eigenvalue weighted by atomic mass is 10.1. The molecule has 7 nitrogen and oxygen atoms in total. The van der Waals surface area contributed by atoms with Crippen molar-refractivity contribution in [3.8, 4) is 0 Å². The Bertz CT molecular complexity index is 1490. The van der Waals surface area contributed by atoms with Gasteiger partial charge in [0, 0.05) is 22.6 Å². The number of nitrogens with zero attached hydrogens (tertiary/aromatic N) is 2. The molecule has 0 aliphatic rings. The fourth-order valence-electron chi connectivity index (χ4n) is 4.18. The summed E-state index contributed by atoms with van der Waals surface area (Å²) < 4.78 is 28.8. The second-order valence-electron chi connectivity index (χ2n) is 9.81. The Morgan fingerprint density at radius 1 is 0.878 bits per heavy atom. The number of aryl methyl sites for hydroxylation is 1. The Morgan fingerprint density at radius 3 is 2.02 bits per heavy atom. The maximum atomic E-state index is 14.1. The van der Waals surface area contributed by atoms with Crippen molar-refractivity contribution < 1.29 is 18.0 Å². The number of nitrogens with one attached hydrogen (secondary N) is 1. The van der Waals surface area contributed by atoms with Gasteiger partial charge in [0.2, 0.25) is 11.8 Å². The molecule has 0 fully saturated rings. The monoisotopic (exact) mass is 657 g/mol. The molecule has 0 radical (unpaired) electrons. The quantitative estimate of drug-likeness (QED) is 0.237. The lowest BCUT2D eigenvalue weighted by molar-refractivity contribution is -0.140. The largest absolute Gasteiger partial charge is 0.352 e. The molecule has 0 saturated carbocycles. The second kappa shape index (κ2) is 14.1. The molecule has 3 aromatic carbocycles. The smallest absolute Gasteiger partial charge is 0.264 e. The Hall–Kier alpha value is -2.49. The zero-order valence-electron chi connectivity index (χ0n) is 23.0. The van der Waals surface area contributed by atoms with E-state index in [1.54, 1.807) is 37.3 Å². The summed E-state index contributed by atoms with van der Waals surface area (Å²) in [5.41, 5.74) is 1.58. The van der Waals surface area contributed by atoms with Crippen molar-refractivity contribution in [2.45, 2.75) is 57.6 Å². The number of hydrogen-bond acceptors (Lipinski definition) is 4. The minimum atomic E-state index is -4.26. The van der Waals surface area contributed by atoms with Gasteiger partial charge in [-0.05, 0) is 75.2 Å². The van der Waals surface area contributed by atoms with E-state index in [4.69, 9.17) is 46.4 Å². The number of carbonyl (C=O) groups is 2. The van der Waals surface area contributed by atoms with Gasteiger partial charge in [-0.1, -0.05) is 77.1 Å². The van der Waals surface area contributed by atoms with Gasteiger partial charge in [-0.15, -0.1) is 0 Å². The molecule has 220 valence electrons. The molecule has 0 saturated heterocycles. The fourth-order valence-corrected chi connectivity index (χ4v) is 6.42. The molecule has 12 heteroatoms. The Morgan fingerprint density at radius 2 is 1.49 bits per heavy atom. The molecule has 2 amide bonds. The van der Waals surface area contributed by atoms with Crippen LogP contribution in [-0.4, -0.2) is 43.8 Å². The Labute approximate surface area is 261 Å². The van der Waals surface area contributed by atoms with E-state index in [2.05, 4.69) is 5.32 Å². The number of hydrogen-bond donors (Lipinski definition) is 1. The van der Waals surface area contributed by atoms with Gasteiger partial charge in [-0.2, -0.15) is 0 Å². The van der Waals surface area contributed by atoms with E-state index in [-0.39, 0.29) is 50.6 Å². The van der Waals surface area contributed by atoms with Gasteiger partial charge in [0.15, 0.2) is 0 Å². The SMILES string of the molecule is CC[C@H](C(=O)NC(C)C)N(Cc1ccc(Cl)c(Cl)c1)C(=O)CN(c1cc(Cl)cc(Cl)c1)S(=O)(=O)c1ccc(C)cc1. The Kier molecular flexibility index (Phi) is 11.4. The third-order valence-electron chi connectivity index (χ3n) is 6.18. The highest BCUT2D eigenvalue weighted by atomic mass is 35.5. The molecule has 1 N–H and O–H groups in total. The Balaban J connectivity index is 2.11. The van der Waals surface area contributed by atoms with Gasteiger partial charge in [0.05, 0.1) is 20.6 Å². The minimum Gasteiger partial charge on any atom is -0.352 e. The highest BCUT2D eigenvalue weighted by molar-refractivity contribution is 7.92. The summed E-state index contributed by atoms with van der Waals surface area (Å²) in [4.78, 5) is 28.6.